The van der Waals surface area contributed by atoms with Gasteiger partial charge in [-0.2, -0.15) is 5.10 Å². The van der Waals surface area contributed by atoms with Gasteiger partial charge >= 0.3 is 5.97 Å². The highest BCUT2D eigenvalue weighted by Crippen LogP contribution is 2.23. The minimum Gasteiger partial charge on any atom is -0.481 e. The summed E-state index contributed by atoms with van der Waals surface area (Å²) in [4.78, 5) is 10.7. The molecule has 0 spiro atoms. The predicted molar refractivity (Wildman–Crippen MR) is 55.9 cm³/mol. The van der Waals surface area contributed by atoms with Crippen LogP contribution in [0.2, 0.25) is 0 Å². The van der Waals surface area contributed by atoms with Crippen LogP contribution in [0, 0.1) is 0 Å². The average molecular weight is 208 g/mol. The first-order chi connectivity index (χ1) is 7.22. The molecule has 2 heterocycles. The lowest BCUT2D eigenvalue weighted by atomic mass is 10.0. The highest BCUT2D eigenvalue weighted by molar-refractivity contribution is 5.70. The molecule has 1 aromatic rings. The number of aromatic nitrogens is 2. The molecule has 1 aliphatic heterocycles. The Hall–Kier alpha value is -1.32. The molecule has 1 aromatic heterocycles. The third-order valence-electron chi connectivity index (χ3n) is 2.85. The molecule has 82 valence electrons. The first kappa shape index (κ1) is 10.2. The molecule has 0 amide bonds. The first-order valence-corrected chi connectivity index (χ1v) is 5.51. The van der Waals surface area contributed by atoms with Crippen molar-refractivity contribution in [1.29, 1.82) is 0 Å². The molecule has 0 fully saturated rings. The third-order valence-corrected chi connectivity index (χ3v) is 2.85. The minimum atomic E-state index is -0.788. The number of carbonyl (C=O) groups is 1. The molecule has 1 N–H and O–H groups in total. The molecule has 0 bridgehead atoms. The smallest absolute Gasteiger partial charge is 0.309 e. The van der Waals surface area contributed by atoms with Crippen LogP contribution in [0.1, 0.15) is 36.7 Å². The van der Waals surface area contributed by atoms with Crippen molar-refractivity contribution in [3.63, 3.8) is 0 Å². The minimum absolute atomic E-state index is 0.0648. The second-order valence-corrected chi connectivity index (χ2v) is 4.02. The fraction of sp³-hybridized carbons (Fsp3) is 0.636. The average Bonchev–Trinajstić information content (AvgIpc) is 2.69. The van der Waals surface area contributed by atoms with Crippen LogP contribution in [0.3, 0.4) is 0 Å². The number of hydrogen-bond acceptors (Lipinski definition) is 2. The molecule has 0 atom stereocenters. The van der Waals surface area contributed by atoms with E-state index in [0.29, 0.717) is 0 Å². The number of aryl methyl sites for hydroxylation is 1. The lowest BCUT2D eigenvalue weighted by Gasteiger charge is -2.00. The van der Waals surface area contributed by atoms with E-state index in [0.717, 1.165) is 37.9 Å². The van der Waals surface area contributed by atoms with Gasteiger partial charge < -0.3 is 5.11 Å². The van der Waals surface area contributed by atoms with Gasteiger partial charge in [-0.05, 0) is 24.8 Å². The molecular weight excluding hydrogens is 192 g/mol. The summed E-state index contributed by atoms with van der Waals surface area (Å²) in [5, 5.41) is 13.2. The Kier molecular flexibility index (Phi) is 2.75. The van der Waals surface area contributed by atoms with Gasteiger partial charge in [-0.3, -0.25) is 9.48 Å². The lowest BCUT2D eigenvalue weighted by Crippen LogP contribution is -2.04. The fourth-order valence-electron chi connectivity index (χ4n) is 2.27. The second-order valence-electron chi connectivity index (χ2n) is 4.02. The number of hydrogen-bond donors (Lipinski definition) is 1. The zero-order valence-corrected chi connectivity index (χ0v) is 8.99. The van der Waals surface area contributed by atoms with Crippen LogP contribution in [-0.2, 0) is 30.6 Å². The van der Waals surface area contributed by atoms with Crippen LogP contribution < -0.4 is 0 Å². The van der Waals surface area contributed by atoms with Crippen molar-refractivity contribution < 1.29 is 9.90 Å². The Labute approximate surface area is 88.9 Å². The Morgan fingerprint density at radius 3 is 3.07 bits per heavy atom. The maximum Gasteiger partial charge on any atom is 0.309 e. The summed E-state index contributed by atoms with van der Waals surface area (Å²) in [6.45, 7) is 3.06. The summed E-state index contributed by atoms with van der Waals surface area (Å²) < 4.78 is 1.99. The first-order valence-electron chi connectivity index (χ1n) is 5.51. The Bertz CT molecular complexity index is 382. The van der Waals surface area contributed by atoms with Gasteiger partial charge in [-0.1, -0.05) is 13.3 Å². The van der Waals surface area contributed by atoms with E-state index >= 15 is 0 Å². The van der Waals surface area contributed by atoms with Crippen LogP contribution in [-0.4, -0.2) is 20.9 Å². The van der Waals surface area contributed by atoms with Crippen LogP contribution in [0.15, 0.2) is 0 Å². The second kappa shape index (κ2) is 4.04. The Balaban J connectivity index is 2.32. The molecule has 0 unspecified atom stereocenters. The number of aliphatic carboxylic acids is 1. The molecule has 4 heteroatoms. The van der Waals surface area contributed by atoms with Gasteiger partial charge in [-0.15, -0.1) is 0 Å². The van der Waals surface area contributed by atoms with E-state index in [2.05, 4.69) is 12.0 Å². The van der Waals surface area contributed by atoms with Gasteiger partial charge in [0.15, 0.2) is 0 Å². The van der Waals surface area contributed by atoms with Gasteiger partial charge in [0.1, 0.15) is 0 Å². The number of carboxylic acid groups (broad SMARTS) is 1. The monoisotopic (exact) mass is 208 g/mol. The van der Waals surface area contributed by atoms with Crippen LogP contribution in [0.4, 0.5) is 0 Å². The van der Waals surface area contributed by atoms with Crippen molar-refractivity contribution >= 4 is 5.97 Å². The van der Waals surface area contributed by atoms with Crippen LogP contribution in [0.5, 0.6) is 0 Å². The Morgan fingerprint density at radius 2 is 2.40 bits per heavy atom. The molecule has 2 rings (SSSR count). The molecule has 1 aliphatic rings. The molecule has 0 saturated carbocycles. The quantitative estimate of drug-likeness (QED) is 0.814. The summed E-state index contributed by atoms with van der Waals surface area (Å²) in [5.41, 5.74) is 3.24. The number of nitrogens with zero attached hydrogens (tertiary/aromatic N) is 2. The van der Waals surface area contributed by atoms with E-state index in [4.69, 9.17) is 5.11 Å². The SMILES string of the molecule is CCCc1c(CC(=O)O)nn2c1CCC2. The van der Waals surface area contributed by atoms with Crippen LogP contribution >= 0.6 is 0 Å². The zero-order chi connectivity index (χ0) is 10.8. The summed E-state index contributed by atoms with van der Waals surface area (Å²) in [5.74, 6) is -0.788. The molecule has 15 heavy (non-hydrogen) atoms. The lowest BCUT2D eigenvalue weighted by molar-refractivity contribution is -0.136. The normalized spacial score (nSPS) is 14.2. The van der Waals surface area contributed by atoms with Gasteiger partial charge in [0.05, 0.1) is 12.1 Å². The number of fused-ring (bicyclic) bond motifs is 1. The number of carboxylic acids is 1. The van der Waals surface area contributed by atoms with Gasteiger partial charge in [0, 0.05) is 12.2 Å². The molecule has 0 saturated heterocycles. The van der Waals surface area contributed by atoms with Crippen molar-refractivity contribution in [2.75, 3.05) is 0 Å². The standard InChI is InChI=1S/C11H16N2O2/c1-2-4-8-9(7-11(14)15)12-13-6-3-5-10(8)13/h2-7H2,1H3,(H,14,15). The van der Waals surface area contributed by atoms with Crippen molar-refractivity contribution in [1.82, 2.24) is 9.78 Å². The van der Waals surface area contributed by atoms with Gasteiger partial charge in [0.25, 0.3) is 0 Å². The fourth-order valence-corrected chi connectivity index (χ4v) is 2.27. The third kappa shape index (κ3) is 1.89. The van der Waals surface area contributed by atoms with E-state index in [-0.39, 0.29) is 6.42 Å². The van der Waals surface area contributed by atoms with Crippen molar-refractivity contribution in [2.45, 2.75) is 45.6 Å². The van der Waals surface area contributed by atoms with E-state index in [1.165, 1.54) is 11.3 Å². The highest BCUT2D eigenvalue weighted by Gasteiger charge is 2.21. The predicted octanol–water partition coefficient (Wildman–Crippen LogP) is 1.41. The highest BCUT2D eigenvalue weighted by atomic mass is 16.4. The topological polar surface area (TPSA) is 55.1 Å². The largest absolute Gasteiger partial charge is 0.481 e. The van der Waals surface area contributed by atoms with Crippen LogP contribution in [0.25, 0.3) is 0 Å². The van der Waals surface area contributed by atoms with Crippen molar-refractivity contribution in [2.24, 2.45) is 0 Å². The van der Waals surface area contributed by atoms with Crippen molar-refractivity contribution in [3.8, 4) is 0 Å². The van der Waals surface area contributed by atoms with Crippen molar-refractivity contribution in [3.05, 3.63) is 17.0 Å². The zero-order valence-electron chi connectivity index (χ0n) is 8.99. The Morgan fingerprint density at radius 1 is 1.60 bits per heavy atom. The molecular formula is C11H16N2O2. The van der Waals surface area contributed by atoms with E-state index in [9.17, 15) is 4.79 Å². The molecule has 0 aliphatic carbocycles. The molecule has 0 aromatic carbocycles. The van der Waals surface area contributed by atoms with E-state index in [1.807, 2.05) is 4.68 Å². The van der Waals surface area contributed by atoms with E-state index < -0.39 is 5.97 Å². The summed E-state index contributed by atoms with van der Waals surface area (Å²) in [7, 11) is 0. The molecule has 4 nitrogen and oxygen atoms in total. The summed E-state index contributed by atoms with van der Waals surface area (Å²) in [6, 6.07) is 0. The van der Waals surface area contributed by atoms with Gasteiger partial charge in [-0.25, -0.2) is 0 Å². The maximum absolute atomic E-state index is 10.7. The summed E-state index contributed by atoms with van der Waals surface area (Å²) in [6.07, 6.45) is 4.27. The number of rotatable bonds is 4. The van der Waals surface area contributed by atoms with E-state index in [1.54, 1.807) is 0 Å². The molecule has 0 radical (unpaired) electrons. The maximum atomic E-state index is 10.7. The van der Waals surface area contributed by atoms with Gasteiger partial charge in [0.2, 0.25) is 0 Å². The summed E-state index contributed by atoms with van der Waals surface area (Å²) >= 11 is 0.